The molecule has 0 bridgehead atoms. The van der Waals surface area contributed by atoms with Crippen LogP contribution in [0.5, 0.6) is 0 Å². The van der Waals surface area contributed by atoms with Gasteiger partial charge in [0.15, 0.2) is 0 Å². The van der Waals surface area contributed by atoms with Crippen molar-refractivity contribution in [2.24, 2.45) is 7.05 Å². The molecule has 1 unspecified atom stereocenters. The van der Waals surface area contributed by atoms with E-state index in [2.05, 4.69) is 26.8 Å². The molecule has 16 heavy (non-hydrogen) atoms. The van der Waals surface area contributed by atoms with Gasteiger partial charge in [-0.15, -0.1) is 12.4 Å². The fraction of sp³-hybridized carbons (Fsp3) is 0.727. The Morgan fingerprint density at radius 2 is 2.38 bits per heavy atom. The van der Waals surface area contributed by atoms with Crippen LogP contribution in [0.2, 0.25) is 0 Å². The van der Waals surface area contributed by atoms with Crippen molar-refractivity contribution < 1.29 is 0 Å². The fourth-order valence-electron chi connectivity index (χ4n) is 2.30. The highest BCUT2D eigenvalue weighted by atomic mass is 35.5. The molecule has 1 aromatic rings. The second kappa shape index (κ2) is 6.23. The average Bonchev–Trinajstić information content (AvgIpc) is 2.80. The Labute approximate surface area is 103 Å². The predicted molar refractivity (Wildman–Crippen MR) is 67.8 cm³/mol. The molecule has 4 nitrogen and oxygen atoms in total. The van der Waals surface area contributed by atoms with Crippen LogP contribution < -0.4 is 5.32 Å². The maximum absolute atomic E-state index is 4.37. The van der Waals surface area contributed by atoms with E-state index in [9.17, 15) is 0 Å². The van der Waals surface area contributed by atoms with E-state index >= 15 is 0 Å². The van der Waals surface area contributed by atoms with Crippen LogP contribution in [0.15, 0.2) is 12.4 Å². The molecule has 5 heteroatoms. The summed E-state index contributed by atoms with van der Waals surface area (Å²) in [5.74, 6) is 1.16. The molecule has 0 aliphatic carbocycles. The third kappa shape index (κ3) is 2.97. The molecule has 1 saturated heterocycles. The summed E-state index contributed by atoms with van der Waals surface area (Å²) in [6.45, 7) is 3.28. The minimum absolute atomic E-state index is 0. The van der Waals surface area contributed by atoms with Gasteiger partial charge in [0.25, 0.3) is 0 Å². The number of imidazole rings is 1. The summed E-state index contributed by atoms with van der Waals surface area (Å²) >= 11 is 0. The Hall–Kier alpha value is -0.580. The molecule has 1 aliphatic rings. The number of hydrogen-bond donors (Lipinski definition) is 1. The number of nitrogens with zero attached hydrogens (tertiary/aromatic N) is 3. The van der Waals surface area contributed by atoms with E-state index in [4.69, 9.17) is 0 Å². The highest BCUT2D eigenvalue weighted by Crippen LogP contribution is 2.18. The summed E-state index contributed by atoms with van der Waals surface area (Å²) < 4.78 is 2.11. The lowest BCUT2D eigenvalue weighted by atomic mass is 10.2. The monoisotopic (exact) mass is 244 g/mol. The molecular weight excluding hydrogens is 224 g/mol. The predicted octanol–water partition coefficient (Wildman–Crippen LogP) is 1.03. The van der Waals surface area contributed by atoms with Gasteiger partial charge in [0.1, 0.15) is 5.82 Å². The van der Waals surface area contributed by atoms with Crippen LogP contribution in [0.4, 0.5) is 0 Å². The van der Waals surface area contributed by atoms with E-state index in [1.54, 1.807) is 0 Å². The number of rotatable bonds is 4. The summed E-state index contributed by atoms with van der Waals surface area (Å²) in [5, 5.41) is 3.26. The van der Waals surface area contributed by atoms with Crippen LogP contribution in [-0.4, -0.2) is 40.6 Å². The number of likely N-dealkylation sites (N-methyl/N-ethyl adjacent to an activating group) is 1. The maximum atomic E-state index is 4.37. The first-order chi connectivity index (χ1) is 7.31. The Morgan fingerprint density at radius 1 is 1.56 bits per heavy atom. The normalized spacial score (nSPS) is 21.0. The molecule has 1 N–H and O–H groups in total. The Kier molecular flexibility index (Phi) is 5.25. The van der Waals surface area contributed by atoms with Crippen molar-refractivity contribution in [3.05, 3.63) is 18.2 Å². The van der Waals surface area contributed by atoms with Gasteiger partial charge in [-0.1, -0.05) is 0 Å². The van der Waals surface area contributed by atoms with E-state index < -0.39 is 0 Å². The zero-order chi connectivity index (χ0) is 10.7. The molecule has 2 heterocycles. The Balaban J connectivity index is 0.00000128. The molecule has 1 aromatic heterocycles. The van der Waals surface area contributed by atoms with Gasteiger partial charge in [-0.25, -0.2) is 4.98 Å². The van der Waals surface area contributed by atoms with E-state index in [0.29, 0.717) is 6.04 Å². The molecule has 0 aromatic carbocycles. The van der Waals surface area contributed by atoms with Gasteiger partial charge in [-0.05, 0) is 26.4 Å². The second-order valence-corrected chi connectivity index (χ2v) is 4.28. The molecule has 2 rings (SSSR count). The SMILES string of the molecule is CNCC1CCCN1Cc1nccn1C.Cl. The zero-order valence-electron chi connectivity index (χ0n) is 10.0. The van der Waals surface area contributed by atoms with Gasteiger partial charge in [-0.2, -0.15) is 0 Å². The summed E-state index contributed by atoms with van der Waals surface area (Å²) in [6.07, 6.45) is 6.51. The standard InChI is InChI=1S/C11H20N4.ClH/c1-12-8-10-4-3-6-15(10)9-11-13-5-7-14(11)2;/h5,7,10,12H,3-4,6,8-9H2,1-2H3;1H. The van der Waals surface area contributed by atoms with Crippen molar-refractivity contribution in [1.29, 1.82) is 0 Å². The zero-order valence-corrected chi connectivity index (χ0v) is 10.8. The van der Waals surface area contributed by atoms with Crippen molar-refractivity contribution in [3.8, 4) is 0 Å². The average molecular weight is 245 g/mol. The topological polar surface area (TPSA) is 33.1 Å². The molecule has 0 amide bonds. The number of aromatic nitrogens is 2. The Morgan fingerprint density at radius 3 is 3.00 bits per heavy atom. The number of likely N-dealkylation sites (tertiary alicyclic amines) is 1. The lowest BCUT2D eigenvalue weighted by molar-refractivity contribution is 0.234. The lowest BCUT2D eigenvalue weighted by Crippen LogP contribution is -2.36. The molecule has 0 radical (unpaired) electrons. The first-order valence-electron chi connectivity index (χ1n) is 5.66. The number of nitrogens with one attached hydrogen (secondary N) is 1. The number of aryl methyl sites for hydroxylation is 1. The first kappa shape index (κ1) is 13.5. The lowest BCUT2D eigenvalue weighted by Gasteiger charge is -2.23. The number of hydrogen-bond acceptors (Lipinski definition) is 3. The van der Waals surface area contributed by atoms with Crippen molar-refractivity contribution >= 4 is 12.4 Å². The quantitative estimate of drug-likeness (QED) is 0.859. The van der Waals surface area contributed by atoms with E-state index in [-0.39, 0.29) is 12.4 Å². The summed E-state index contributed by atoms with van der Waals surface area (Å²) in [4.78, 5) is 6.90. The van der Waals surface area contributed by atoms with Gasteiger partial charge in [0, 0.05) is 32.0 Å². The molecule has 1 aliphatic heterocycles. The molecular formula is C11H21ClN4. The van der Waals surface area contributed by atoms with Crippen LogP contribution in [0.3, 0.4) is 0 Å². The van der Waals surface area contributed by atoms with Gasteiger partial charge in [0.2, 0.25) is 0 Å². The van der Waals surface area contributed by atoms with Crippen molar-refractivity contribution in [2.45, 2.75) is 25.4 Å². The van der Waals surface area contributed by atoms with Gasteiger partial charge >= 0.3 is 0 Å². The Bertz CT molecular complexity index is 313. The molecule has 1 atom stereocenters. The largest absolute Gasteiger partial charge is 0.337 e. The summed E-state index contributed by atoms with van der Waals surface area (Å²) in [6, 6.07) is 0.687. The van der Waals surface area contributed by atoms with Gasteiger partial charge in [0.05, 0.1) is 6.54 Å². The second-order valence-electron chi connectivity index (χ2n) is 4.28. The van der Waals surface area contributed by atoms with E-state index in [1.165, 1.54) is 19.4 Å². The van der Waals surface area contributed by atoms with E-state index in [1.807, 2.05) is 19.4 Å². The first-order valence-corrected chi connectivity index (χ1v) is 5.66. The van der Waals surface area contributed by atoms with Crippen LogP contribution in [0.25, 0.3) is 0 Å². The highest BCUT2D eigenvalue weighted by Gasteiger charge is 2.24. The molecule has 92 valence electrons. The van der Waals surface area contributed by atoms with Crippen LogP contribution in [-0.2, 0) is 13.6 Å². The summed E-state index contributed by atoms with van der Waals surface area (Å²) in [5.41, 5.74) is 0. The minimum Gasteiger partial charge on any atom is -0.337 e. The maximum Gasteiger partial charge on any atom is 0.122 e. The van der Waals surface area contributed by atoms with Crippen molar-refractivity contribution in [3.63, 3.8) is 0 Å². The molecule has 0 spiro atoms. The number of halogens is 1. The third-order valence-electron chi connectivity index (χ3n) is 3.20. The third-order valence-corrected chi connectivity index (χ3v) is 3.20. The molecule has 0 saturated carbocycles. The summed E-state index contributed by atoms with van der Waals surface area (Å²) in [7, 11) is 4.09. The van der Waals surface area contributed by atoms with Crippen molar-refractivity contribution in [1.82, 2.24) is 19.8 Å². The van der Waals surface area contributed by atoms with Gasteiger partial charge in [-0.3, -0.25) is 4.90 Å². The fourth-order valence-corrected chi connectivity index (χ4v) is 2.30. The van der Waals surface area contributed by atoms with E-state index in [0.717, 1.165) is 18.9 Å². The molecule has 1 fully saturated rings. The van der Waals surface area contributed by atoms with Crippen molar-refractivity contribution in [2.75, 3.05) is 20.1 Å². The van der Waals surface area contributed by atoms with Crippen LogP contribution >= 0.6 is 12.4 Å². The van der Waals surface area contributed by atoms with Crippen LogP contribution in [0, 0.1) is 0 Å². The smallest absolute Gasteiger partial charge is 0.122 e. The minimum atomic E-state index is 0. The van der Waals surface area contributed by atoms with Crippen LogP contribution in [0.1, 0.15) is 18.7 Å². The van der Waals surface area contributed by atoms with Gasteiger partial charge < -0.3 is 9.88 Å². The highest BCUT2D eigenvalue weighted by molar-refractivity contribution is 5.85.